The van der Waals surface area contributed by atoms with Crippen molar-refractivity contribution in [1.82, 2.24) is 0 Å². The van der Waals surface area contributed by atoms with Gasteiger partial charge < -0.3 is 0 Å². The van der Waals surface area contributed by atoms with Crippen LogP contribution >= 0.6 is 0 Å². The van der Waals surface area contributed by atoms with Gasteiger partial charge in [-0.25, -0.2) is 0 Å². The number of hydrogen-bond donors (Lipinski definition) is 0. The van der Waals surface area contributed by atoms with Crippen LogP contribution in [0.4, 0.5) is 0 Å². The Hall–Kier alpha value is -1.04. The lowest BCUT2D eigenvalue weighted by Crippen LogP contribution is -2.49. The molecule has 0 aliphatic heterocycles. The van der Waals surface area contributed by atoms with Gasteiger partial charge in [0.2, 0.25) is 0 Å². The monoisotopic (exact) mass is 533 g/mol. The van der Waals surface area contributed by atoms with Crippen LogP contribution in [0.3, 0.4) is 0 Å². The molecule has 0 spiro atoms. The number of allylic oxidation sites excluding steroid dienone is 8. The fraction of sp³-hybridized carbons (Fsp3) is 0.795. The minimum atomic E-state index is 0.648. The smallest absolute Gasteiger partial charge is 0.0122 e. The molecule has 39 heavy (non-hydrogen) atoms. The van der Waals surface area contributed by atoms with E-state index in [0.29, 0.717) is 23.7 Å². The van der Waals surface area contributed by atoms with Crippen LogP contribution in [-0.4, -0.2) is 0 Å². The molecule has 0 radical (unpaired) electrons. The maximum Gasteiger partial charge on any atom is 0.0122 e. The molecule has 0 amide bonds. The van der Waals surface area contributed by atoms with Crippen LogP contribution < -0.4 is 0 Å². The Morgan fingerprint density at radius 3 is 1.92 bits per heavy atom. The van der Waals surface area contributed by atoms with Crippen molar-refractivity contribution in [3.8, 4) is 0 Å². The molecule has 0 aromatic carbocycles. The summed E-state index contributed by atoms with van der Waals surface area (Å²) in [5.41, 5.74) is 15.2. The molecule has 0 aromatic rings. The zero-order chi connectivity index (χ0) is 28.8. The summed E-state index contributed by atoms with van der Waals surface area (Å²) in [5.74, 6) is 7.37. The van der Waals surface area contributed by atoms with Crippen LogP contribution in [0.1, 0.15) is 141 Å². The molecule has 0 N–H and O–H groups in total. The Morgan fingerprint density at radius 1 is 0.692 bits per heavy atom. The highest BCUT2D eigenvalue weighted by atomic mass is 14.6. The molecule has 0 aromatic heterocycles. The summed E-state index contributed by atoms with van der Waals surface area (Å²) in [6.07, 6.45) is 12.4. The molecular weight excluding hydrogens is 468 g/mol. The Bertz CT molecular complexity index is 1020. The molecule has 0 bridgehead atoms. The molecule has 0 nitrogen and oxygen atoms in total. The molecule has 9 atom stereocenters. The summed E-state index contributed by atoms with van der Waals surface area (Å²) in [6, 6.07) is 0. The highest BCUT2D eigenvalue weighted by molar-refractivity contribution is 5.57. The van der Waals surface area contributed by atoms with E-state index in [2.05, 4.69) is 69.2 Å². The first-order chi connectivity index (χ1) is 18.6. The molecule has 0 heteroatoms. The fourth-order valence-corrected chi connectivity index (χ4v) is 10.5. The van der Waals surface area contributed by atoms with Crippen LogP contribution in [0.2, 0.25) is 0 Å². The second-order valence-corrected chi connectivity index (χ2v) is 14.6. The predicted molar refractivity (Wildman–Crippen MR) is 173 cm³/mol. The maximum atomic E-state index is 2.60. The third kappa shape index (κ3) is 5.01. The molecule has 5 aliphatic rings. The normalized spacial score (nSPS) is 36.2. The summed E-state index contributed by atoms with van der Waals surface area (Å²) in [4.78, 5) is 0. The first-order valence-electron chi connectivity index (χ1n) is 17.5. The van der Waals surface area contributed by atoms with E-state index in [0.717, 1.165) is 35.5 Å². The molecule has 9 unspecified atom stereocenters. The first-order valence-corrected chi connectivity index (χ1v) is 17.5. The molecule has 5 aliphatic carbocycles. The Balaban J connectivity index is 0.00000172. The topological polar surface area (TPSA) is 0 Å². The van der Waals surface area contributed by atoms with Crippen LogP contribution in [-0.2, 0) is 0 Å². The van der Waals surface area contributed by atoms with Gasteiger partial charge in [-0.05, 0) is 99.7 Å². The largest absolute Gasteiger partial charge is 0.0683 e. The lowest BCUT2D eigenvalue weighted by molar-refractivity contribution is 0.200. The van der Waals surface area contributed by atoms with E-state index in [1.165, 1.54) is 57.8 Å². The zero-order valence-corrected chi connectivity index (χ0v) is 28.1. The van der Waals surface area contributed by atoms with Gasteiger partial charge in [0.1, 0.15) is 0 Å². The minimum Gasteiger partial charge on any atom is -0.0683 e. The lowest BCUT2D eigenvalue weighted by Gasteiger charge is -2.60. The molecule has 0 heterocycles. The van der Waals surface area contributed by atoms with Gasteiger partial charge in [0.15, 0.2) is 0 Å². The maximum absolute atomic E-state index is 2.60. The zero-order valence-electron chi connectivity index (χ0n) is 28.1. The molecule has 0 saturated heterocycles. The Labute approximate surface area is 244 Å². The van der Waals surface area contributed by atoms with Crippen LogP contribution in [0.5, 0.6) is 0 Å². The van der Waals surface area contributed by atoms with Gasteiger partial charge in [0, 0.05) is 11.8 Å². The second kappa shape index (κ2) is 12.4. The van der Waals surface area contributed by atoms with Gasteiger partial charge in [-0.15, -0.1) is 0 Å². The van der Waals surface area contributed by atoms with Crippen molar-refractivity contribution in [3.05, 3.63) is 44.6 Å². The highest BCUT2D eigenvalue weighted by Gasteiger charge is 2.56. The lowest BCUT2D eigenvalue weighted by atomic mass is 9.44. The molecule has 5 rings (SSSR count). The van der Waals surface area contributed by atoms with Crippen molar-refractivity contribution in [2.24, 2.45) is 59.2 Å². The quantitative estimate of drug-likeness (QED) is 0.273. The average Bonchev–Trinajstić information content (AvgIpc) is 2.91. The number of hydrogen-bond acceptors (Lipinski definition) is 0. The van der Waals surface area contributed by atoms with Gasteiger partial charge in [0.25, 0.3) is 0 Å². The van der Waals surface area contributed by atoms with E-state index in [-0.39, 0.29) is 0 Å². The van der Waals surface area contributed by atoms with Crippen LogP contribution in [0, 0.1) is 59.2 Å². The van der Waals surface area contributed by atoms with Gasteiger partial charge in [0.05, 0.1) is 0 Å². The molecule has 220 valence electrons. The predicted octanol–water partition coefficient (Wildman–Crippen LogP) is 12.1. The van der Waals surface area contributed by atoms with Crippen molar-refractivity contribution >= 4 is 0 Å². The van der Waals surface area contributed by atoms with Crippen molar-refractivity contribution < 1.29 is 0 Å². The van der Waals surface area contributed by atoms with E-state index in [1.807, 2.05) is 47.3 Å². The van der Waals surface area contributed by atoms with Crippen molar-refractivity contribution in [1.29, 1.82) is 0 Å². The van der Waals surface area contributed by atoms with Gasteiger partial charge in [-0.1, -0.05) is 133 Å². The number of rotatable bonds is 8. The summed E-state index contributed by atoms with van der Waals surface area (Å²) < 4.78 is 0. The van der Waals surface area contributed by atoms with E-state index in [4.69, 9.17) is 0 Å². The Morgan fingerprint density at radius 2 is 1.31 bits per heavy atom. The summed E-state index contributed by atoms with van der Waals surface area (Å²) in [7, 11) is 0. The summed E-state index contributed by atoms with van der Waals surface area (Å²) in [6.45, 7) is 29.2. The average molecular weight is 533 g/mol. The molecule has 2 saturated carbocycles. The van der Waals surface area contributed by atoms with E-state index >= 15 is 0 Å². The van der Waals surface area contributed by atoms with Gasteiger partial charge in [-0.2, -0.15) is 0 Å². The first kappa shape index (κ1) is 30.9. The Kier molecular flexibility index (Phi) is 9.87. The fourth-order valence-electron chi connectivity index (χ4n) is 10.5. The van der Waals surface area contributed by atoms with Crippen LogP contribution in [0.15, 0.2) is 44.6 Å². The molecular formula is C39H64. The van der Waals surface area contributed by atoms with E-state index < -0.39 is 0 Å². The third-order valence-corrected chi connectivity index (χ3v) is 12.1. The molecule has 2 fully saturated rings. The van der Waals surface area contributed by atoms with Crippen molar-refractivity contribution in [2.45, 2.75) is 141 Å². The standard InChI is InChI=1S/C37H58.C2H6/c1-11-13-21(5)31-23(7)25(9)33-28(14-12-2)29(18-15-20(3)4)34-26(10)24(8)32-22(6)16-17-27-19-30(31)36(33)37(34)35(27)32;1-2/h20-24,27-29,36-37H,11-19H2,1-10H3;1-2H3. The van der Waals surface area contributed by atoms with Crippen molar-refractivity contribution in [2.75, 3.05) is 0 Å². The SMILES string of the molecule is CC.CCCC(C)C1=C2CC3CCC(C)C4=C3C3C(=C(C)C4C)C(CCC(C)C)C(CCC)C(=C(C)C1C)C23. The van der Waals surface area contributed by atoms with Gasteiger partial charge >= 0.3 is 0 Å². The van der Waals surface area contributed by atoms with E-state index in [9.17, 15) is 0 Å². The van der Waals surface area contributed by atoms with Gasteiger partial charge in [-0.3, -0.25) is 0 Å². The second-order valence-electron chi connectivity index (χ2n) is 14.6. The summed E-state index contributed by atoms with van der Waals surface area (Å²) in [5, 5.41) is 0. The summed E-state index contributed by atoms with van der Waals surface area (Å²) >= 11 is 0. The van der Waals surface area contributed by atoms with E-state index in [1.54, 1.807) is 11.1 Å². The van der Waals surface area contributed by atoms with Crippen LogP contribution in [0.25, 0.3) is 0 Å². The minimum absolute atomic E-state index is 0.648. The highest BCUT2D eigenvalue weighted by Crippen LogP contribution is 2.67. The third-order valence-electron chi connectivity index (χ3n) is 12.1. The van der Waals surface area contributed by atoms with Crippen molar-refractivity contribution in [3.63, 3.8) is 0 Å².